The largest absolute Gasteiger partial charge is 0.450 e. The molecule has 1 heterocycles. The van der Waals surface area contributed by atoms with Crippen LogP contribution in [0.2, 0.25) is 0 Å². The van der Waals surface area contributed by atoms with Crippen molar-refractivity contribution < 1.29 is 22.4 Å². The first-order valence-electron chi connectivity index (χ1n) is 7.13. The van der Waals surface area contributed by atoms with Gasteiger partial charge in [-0.15, -0.1) is 0 Å². The van der Waals surface area contributed by atoms with Crippen LogP contribution in [0.5, 0.6) is 0 Å². The minimum atomic E-state index is -4.44. The van der Waals surface area contributed by atoms with E-state index < -0.39 is 17.6 Å². The molecule has 0 spiro atoms. The third-order valence-corrected chi connectivity index (χ3v) is 4.61. The Balaban J connectivity index is 1.75. The molecule has 0 unspecified atom stereocenters. The number of nitrogens with zero attached hydrogens (tertiary/aromatic N) is 1. The molecule has 0 fully saturated rings. The molecule has 1 N–H and O–H groups in total. The molecule has 0 aliphatic heterocycles. The third-order valence-electron chi connectivity index (χ3n) is 3.35. The highest BCUT2D eigenvalue weighted by molar-refractivity contribution is 14.1. The van der Waals surface area contributed by atoms with Crippen LogP contribution in [0.4, 0.5) is 13.2 Å². The highest BCUT2D eigenvalue weighted by Gasteiger charge is 2.30. The number of hydrogen-bond acceptors (Lipinski definition) is 3. The van der Waals surface area contributed by atoms with Crippen LogP contribution in [0.1, 0.15) is 21.7 Å². The molecule has 3 aromatic rings. The van der Waals surface area contributed by atoms with Crippen LogP contribution in [0.25, 0.3) is 11.0 Å². The van der Waals surface area contributed by atoms with Gasteiger partial charge in [-0.3, -0.25) is 4.79 Å². The summed E-state index contributed by atoms with van der Waals surface area (Å²) >= 11 is 5.46. The van der Waals surface area contributed by atoms with Gasteiger partial charge < -0.3 is 4.42 Å². The Kier molecular flexibility index (Phi) is 5.37. The van der Waals surface area contributed by atoms with E-state index >= 15 is 0 Å². The molecule has 1 amide bonds. The Labute approximate surface area is 167 Å². The number of hydrazone groups is 1. The quantitative estimate of drug-likeness (QED) is 0.270. The summed E-state index contributed by atoms with van der Waals surface area (Å²) in [5.74, 6) is -0.548. The minimum absolute atomic E-state index is 0.0530. The van der Waals surface area contributed by atoms with Crippen molar-refractivity contribution >= 4 is 61.6 Å². The van der Waals surface area contributed by atoms with Crippen LogP contribution >= 0.6 is 38.5 Å². The van der Waals surface area contributed by atoms with E-state index in [1.165, 1.54) is 12.1 Å². The molecule has 26 heavy (non-hydrogen) atoms. The van der Waals surface area contributed by atoms with Gasteiger partial charge in [-0.1, -0.05) is 28.1 Å². The van der Waals surface area contributed by atoms with Gasteiger partial charge in [-0.05, 0) is 58.5 Å². The number of amides is 1. The van der Waals surface area contributed by atoms with Crippen LogP contribution in [-0.2, 0) is 6.18 Å². The lowest BCUT2D eigenvalue weighted by Gasteiger charge is -2.06. The first-order chi connectivity index (χ1) is 12.2. The zero-order valence-electron chi connectivity index (χ0n) is 12.8. The van der Waals surface area contributed by atoms with Crippen molar-refractivity contribution in [3.8, 4) is 0 Å². The van der Waals surface area contributed by atoms with Crippen molar-refractivity contribution in [3.63, 3.8) is 0 Å². The summed E-state index contributed by atoms with van der Waals surface area (Å²) in [5, 5.41) is 4.43. The maximum atomic E-state index is 12.7. The van der Waals surface area contributed by atoms with Crippen molar-refractivity contribution in [2.75, 3.05) is 0 Å². The summed E-state index contributed by atoms with van der Waals surface area (Å²) in [6, 6.07) is 9.85. The molecule has 0 bridgehead atoms. The fourth-order valence-corrected chi connectivity index (χ4v) is 3.86. The van der Waals surface area contributed by atoms with E-state index in [2.05, 4.69) is 49.0 Å². The molecule has 9 heteroatoms. The molecular weight excluding hydrogens is 528 g/mol. The summed E-state index contributed by atoms with van der Waals surface area (Å²) in [5.41, 5.74) is 2.24. The molecule has 0 saturated heterocycles. The second-order valence-corrected chi connectivity index (χ2v) is 7.32. The predicted octanol–water partition coefficient (Wildman–Crippen LogP) is 5.58. The smallest absolute Gasteiger partial charge is 0.416 e. The van der Waals surface area contributed by atoms with Gasteiger partial charge in [-0.2, -0.15) is 18.3 Å². The predicted molar refractivity (Wildman–Crippen MR) is 103 cm³/mol. The lowest BCUT2D eigenvalue weighted by atomic mass is 10.1. The number of rotatable bonds is 3. The number of carbonyl (C=O) groups excluding carboxylic acids is 1. The van der Waals surface area contributed by atoms with Crippen LogP contribution in [0.15, 0.2) is 56.5 Å². The first-order valence-corrected chi connectivity index (χ1v) is 9.00. The van der Waals surface area contributed by atoms with Gasteiger partial charge in [0.05, 0.1) is 15.3 Å². The van der Waals surface area contributed by atoms with Crippen molar-refractivity contribution in [2.24, 2.45) is 5.10 Å². The molecule has 2 aromatic carbocycles. The van der Waals surface area contributed by atoms with E-state index in [0.29, 0.717) is 5.58 Å². The van der Waals surface area contributed by atoms with Gasteiger partial charge >= 0.3 is 12.1 Å². The molecule has 0 aliphatic rings. The fourth-order valence-electron chi connectivity index (χ4n) is 2.20. The Morgan fingerprint density at radius 3 is 2.73 bits per heavy atom. The van der Waals surface area contributed by atoms with Gasteiger partial charge in [0.15, 0.2) is 5.76 Å². The highest BCUT2D eigenvalue weighted by atomic mass is 127. The lowest BCUT2D eigenvalue weighted by Crippen LogP contribution is -2.16. The molecule has 3 rings (SSSR count). The van der Waals surface area contributed by atoms with E-state index in [1.807, 2.05) is 12.1 Å². The van der Waals surface area contributed by atoms with Crippen molar-refractivity contribution in [2.45, 2.75) is 6.18 Å². The number of hydrogen-bond donors (Lipinski definition) is 1. The lowest BCUT2D eigenvalue weighted by molar-refractivity contribution is -0.137. The summed E-state index contributed by atoms with van der Waals surface area (Å²) in [6.07, 6.45) is -3.30. The molecular formula is C17H9BrF3IN2O2. The van der Waals surface area contributed by atoms with Gasteiger partial charge in [0.1, 0.15) is 5.58 Å². The molecule has 134 valence electrons. The Morgan fingerprint density at radius 2 is 2.00 bits per heavy atom. The Morgan fingerprint density at radius 1 is 1.23 bits per heavy atom. The molecule has 0 saturated carbocycles. The van der Waals surface area contributed by atoms with Crippen molar-refractivity contribution in [1.29, 1.82) is 0 Å². The van der Waals surface area contributed by atoms with E-state index in [0.717, 1.165) is 31.8 Å². The maximum absolute atomic E-state index is 12.7. The van der Waals surface area contributed by atoms with Crippen molar-refractivity contribution in [3.05, 3.63) is 67.4 Å². The second-order valence-electron chi connectivity index (χ2n) is 5.24. The standard InChI is InChI=1S/C17H9BrF3IN2O2/c18-12-5-10-6-14(26-15(10)13(22)7-12)16(25)24-23-8-9-2-1-3-11(4-9)17(19,20)21/h1-8H,(H,24,25)/b23-8-. The number of benzene rings is 2. The van der Waals surface area contributed by atoms with Gasteiger partial charge in [0.2, 0.25) is 0 Å². The Hall–Kier alpha value is -1.88. The molecule has 0 aliphatic carbocycles. The minimum Gasteiger partial charge on any atom is -0.450 e. The SMILES string of the molecule is O=C(N/N=C\c1cccc(C(F)(F)F)c1)c1cc2cc(Br)cc(I)c2o1. The number of carbonyl (C=O) groups is 1. The summed E-state index contributed by atoms with van der Waals surface area (Å²) in [6.45, 7) is 0. The van der Waals surface area contributed by atoms with Crippen LogP contribution in [-0.4, -0.2) is 12.1 Å². The fraction of sp³-hybridized carbons (Fsp3) is 0.0588. The highest BCUT2D eigenvalue weighted by Crippen LogP contribution is 2.29. The molecule has 4 nitrogen and oxygen atoms in total. The Bertz CT molecular complexity index is 1010. The normalized spacial score (nSPS) is 12.0. The van der Waals surface area contributed by atoms with Gasteiger partial charge in [0.25, 0.3) is 0 Å². The first kappa shape index (κ1) is 18.9. The average molecular weight is 537 g/mol. The van der Waals surface area contributed by atoms with E-state index in [1.54, 1.807) is 6.07 Å². The second kappa shape index (κ2) is 7.39. The monoisotopic (exact) mass is 536 g/mol. The topological polar surface area (TPSA) is 54.6 Å². The average Bonchev–Trinajstić information content (AvgIpc) is 2.98. The van der Waals surface area contributed by atoms with Crippen LogP contribution < -0.4 is 5.43 Å². The molecule has 0 atom stereocenters. The molecule has 1 aromatic heterocycles. The third kappa shape index (κ3) is 4.26. The summed E-state index contributed by atoms with van der Waals surface area (Å²) < 4.78 is 45.2. The molecule has 0 radical (unpaired) electrons. The number of halogens is 5. The van der Waals surface area contributed by atoms with E-state index in [4.69, 9.17) is 4.42 Å². The summed E-state index contributed by atoms with van der Waals surface area (Å²) in [7, 11) is 0. The van der Waals surface area contributed by atoms with Crippen molar-refractivity contribution in [1.82, 2.24) is 5.43 Å². The zero-order chi connectivity index (χ0) is 18.9. The maximum Gasteiger partial charge on any atom is 0.416 e. The van der Waals surface area contributed by atoms with Crippen LogP contribution in [0, 0.1) is 3.57 Å². The number of furan rings is 1. The van der Waals surface area contributed by atoms with Crippen LogP contribution in [0.3, 0.4) is 0 Å². The summed E-state index contributed by atoms with van der Waals surface area (Å²) in [4.78, 5) is 12.1. The van der Waals surface area contributed by atoms with Gasteiger partial charge in [-0.25, -0.2) is 5.43 Å². The van der Waals surface area contributed by atoms with Gasteiger partial charge in [0, 0.05) is 9.86 Å². The van der Waals surface area contributed by atoms with E-state index in [-0.39, 0.29) is 11.3 Å². The number of alkyl halides is 3. The zero-order valence-corrected chi connectivity index (χ0v) is 16.5. The number of nitrogens with one attached hydrogen (secondary N) is 1. The number of fused-ring (bicyclic) bond motifs is 1. The van der Waals surface area contributed by atoms with E-state index in [9.17, 15) is 18.0 Å².